The molecule has 0 amide bonds. The molecule has 0 radical (unpaired) electrons. The number of hydrogen-bond acceptors (Lipinski definition) is 4. The van der Waals surface area contributed by atoms with E-state index in [1.807, 2.05) is 6.07 Å². The van der Waals surface area contributed by atoms with Gasteiger partial charge in [-0.1, -0.05) is 29.8 Å². The molecule has 3 rings (SSSR count). The highest BCUT2D eigenvalue weighted by atomic mass is 16.5. The highest BCUT2D eigenvalue weighted by Crippen LogP contribution is 2.39. The van der Waals surface area contributed by atoms with Gasteiger partial charge in [0.15, 0.2) is 0 Å². The Morgan fingerprint density at radius 2 is 1.90 bits per heavy atom. The highest BCUT2D eigenvalue weighted by Gasteiger charge is 2.40. The summed E-state index contributed by atoms with van der Waals surface area (Å²) in [6, 6.07) is 12.9. The van der Waals surface area contributed by atoms with Crippen LogP contribution in [-0.4, -0.2) is 50.8 Å². The number of nitrogens with zero attached hydrogens (tertiary/aromatic N) is 1. The summed E-state index contributed by atoms with van der Waals surface area (Å²) >= 11 is 0. The van der Waals surface area contributed by atoms with Gasteiger partial charge < -0.3 is 19.4 Å². The van der Waals surface area contributed by atoms with Crippen molar-refractivity contribution in [3.8, 4) is 0 Å². The first-order chi connectivity index (χ1) is 13.8. The molecule has 4 nitrogen and oxygen atoms in total. The first-order valence-electron chi connectivity index (χ1n) is 10.9. The fraction of sp³-hybridized carbons (Fsp3) is 0.600. The molecule has 0 saturated carbocycles. The Balaban J connectivity index is 1.63. The summed E-state index contributed by atoms with van der Waals surface area (Å²) in [6.45, 7) is 10.5. The van der Waals surface area contributed by atoms with Crippen LogP contribution in [0.3, 0.4) is 0 Å². The van der Waals surface area contributed by atoms with Crippen LogP contribution in [0.5, 0.6) is 0 Å². The van der Waals surface area contributed by atoms with Crippen molar-refractivity contribution in [3.63, 3.8) is 0 Å². The second-order valence-electron chi connectivity index (χ2n) is 9.72. The van der Waals surface area contributed by atoms with Crippen LogP contribution in [0, 0.1) is 12.3 Å². The molecule has 1 aromatic carbocycles. The van der Waals surface area contributed by atoms with Crippen LogP contribution in [0.1, 0.15) is 55.9 Å². The maximum absolute atomic E-state index is 6.00. The lowest BCUT2D eigenvalue weighted by molar-refractivity contribution is -0.109. The van der Waals surface area contributed by atoms with E-state index in [1.165, 1.54) is 11.1 Å². The molecule has 2 aromatic rings. The van der Waals surface area contributed by atoms with Crippen molar-refractivity contribution in [2.75, 3.05) is 40.3 Å². The molecule has 1 aliphatic heterocycles. The first-order valence-corrected chi connectivity index (χ1v) is 10.9. The van der Waals surface area contributed by atoms with Gasteiger partial charge >= 0.3 is 0 Å². The minimum Gasteiger partial charge on any atom is -0.469 e. The third kappa shape index (κ3) is 6.18. The fourth-order valence-corrected chi connectivity index (χ4v) is 4.96. The molecule has 1 fully saturated rings. The number of furan rings is 1. The Morgan fingerprint density at radius 3 is 2.52 bits per heavy atom. The summed E-state index contributed by atoms with van der Waals surface area (Å²) in [5.74, 6) is 1.33. The summed E-state index contributed by atoms with van der Waals surface area (Å²) in [5.41, 5.74) is 2.82. The number of hydrogen-bond donors (Lipinski definition) is 1. The van der Waals surface area contributed by atoms with Gasteiger partial charge in [0, 0.05) is 31.0 Å². The van der Waals surface area contributed by atoms with E-state index in [-0.39, 0.29) is 16.9 Å². The number of ether oxygens (including phenoxy) is 1. The number of nitrogens with one attached hydrogen (secondary N) is 1. The normalized spacial score (nSPS) is 22.7. The van der Waals surface area contributed by atoms with Crippen molar-refractivity contribution in [3.05, 3.63) is 59.5 Å². The van der Waals surface area contributed by atoms with E-state index in [0.717, 1.165) is 51.3 Å². The number of benzene rings is 1. The molecule has 29 heavy (non-hydrogen) atoms. The Kier molecular flexibility index (Phi) is 7.20. The molecule has 1 saturated heterocycles. The van der Waals surface area contributed by atoms with E-state index in [4.69, 9.17) is 9.15 Å². The van der Waals surface area contributed by atoms with E-state index in [9.17, 15) is 0 Å². The predicted octanol–water partition coefficient (Wildman–Crippen LogP) is 4.84. The van der Waals surface area contributed by atoms with E-state index in [0.29, 0.717) is 0 Å². The summed E-state index contributed by atoms with van der Waals surface area (Å²) in [6.07, 6.45) is 5.00. The van der Waals surface area contributed by atoms with E-state index < -0.39 is 0 Å². The van der Waals surface area contributed by atoms with E-state index >= 15 is 0 Å². The second kappa shape index (κ2) is 9.46. The Bertz CT molecular complexity index is 737. The zero-order valence-electron chi connectivity index (χ0n) is 18.8. The van der Waals surface area contributed by atoms with Gasteiger partial charge in [-0.15, -0.1) is 0 Å². The minimum absolute atomic E-state index is 0.0471. The summed E-state index contributed by atoms with van der Waals surface area (Å²) in [5, 5.41) is 3.79. The van der Waals surface area contributed by atoms with Crippen LogP contribution < -0.4 is 5.32 Å². The standard InChI is InChI=1S/C25H38N2O2/c1-20-8-10-21(11-9-20)22(23-7-6-15-28-23)12-14-26-18-25(19-27(4)5)13-16-29-24(2,3)17-25/h6-11,15,22,26H,12-14,16-19H2,1-5H3/t22-,25-/m0/s1. The molecule has 1 aromatic heterocycles. The zero-order chi connectivity index (χ0) is 20.9. The quantitative estimate of drug-likeness (QED) is 0.614. The maximum Gasteiger partial charge on any atom is 0.111 e. The number of rotatable bonds is 9. The van der Waals surface area contributed by atoms with Gasteiger partial charge in [-0.05, 0) is 78.4 Å². The fourth-order valence-electron chi connectivity index (χ4n) is 4.96. The predicted molar refractivity (Wildman–Crippen MR) is 119 cm³/mol. The number of aryl methyl sites for hydroxylation is 1. The van der Waals surface area contributed by atoms with Crippen LogP contribution >= 0.6 is 0 Å². The molecule has 4 heteroatoms. The SMILES string of the molecule is Cc1ccc([C@H](CCNC[C@]2(CN(C)C)CCOC(C)(C)C2)c2ccco2)cc1. The molecular formula is C25H38N2O2. The Labute approximate surface area is 176 Å². The van der Waals surface area contributed by atoms with Gasteiger partial charge in [0.1, 0.15) is 5.76 Å². The third-order valence-electron chi connectivity index (χ3n) is 6.05. The second-order valence-corrected chi connectivity index (χ2v) is 9.72. The van der Waals surface area contributed by atoms with E-state index in [2.05, 4.69) is 75.4 Å². The maximum atomic E-state index is 6.00. The monoisotopic (exact) mass is 398 g/mol. The van der Waals surface area contributed by atoms with Crippen molar-refractivity contribution in [1.82, 2.24) is 10.2 Å². The van der Waals surface area contributed by atoms with Crippen molar-refractivity contribution >= 4 is 0 Å². The first kappa shape index (κ1) is 22.1. The molecule has 0 aliphatic carbocycles. The molecule has 0 bridgehead atoms. The summed E-state index contributed by atoms with van der Waals surface area (Å²) < 4.78 is 11.8. The van der Waals surface area contributed by atoms with Gasteiger partial charge in [-0.25, -0.2) is 0 Å². The average Bonchev–Trinajstić information content (AvgIpc) is 3.15. The lowest BCUT2D eigenvalue weighted by Gasteiger charge is -2.46. The molecule has 2 heterocycles. The van der Waals surface area contributed by atoms with Crippen molar-refractivity contribution in [1.29, 1.82) is 0 Å². The van der Waals surface area contributed by atoms with Gasteiger partial charge in [0.05, 0.1) is 11.9 Å². The van der Waals surface area contributed by atoms with Crippen LogP contribution in [0.2, 0.25) is 0 Å². The zero-order valence-corrected chi connectivity index (χ0v) is 18.8. The molecule has 160 valence electrons. The molecule has 1 N–H and O–H groups in total. The molecular weight excluding hydrogens is 360 g/mol. The highest BCUT2D eigenvalue weighted by molar-refractivity contribution is 5.30. The topological polar surface area (TPSA) is 37.6 Å². The Hall–Kier alpha value is -1.62. The molecule has 0 unspecified atom stereocenters. The summed E-state index contributed by atoms with van der Waals surface area (Å²) in [7, 11) is 4.35. The van der Waals surface area contributed by atoms with Crippen LogP contribution in [0.25, 0.3) is 0 Å². The lowest BCUT2D eigenvalue weighted by Crippen LogP contribution is -2.51. The Morgan fingerprint density at radius 1 is 1.14 bits per heavy atom. The van der Waals surface area contributed by atoms with Crippen molar-refractivity contribution in [2.24, 2.45) is 5.41 Å². The van der Waals surface area contributed by atoms with Gasteiger partial charge in [0.2, 0.25) is 0 Å². The van der Waals surface area contributed by atoms with Crippen LogP contribution in [-0.2, 0) is 4.74 Å². The molecule has 2 atom stereocenters. The van der Waals surface area contributed by atoms with Crippen molar-refractivity contribution in [2.45, 2.75) is 51.6 Å². The smallest absolute Gasteiger partial charge is 0.111 e. The van der Waals surface area contributed by atoms with Gasteiger partial charge in [-0.2, -0.15) is 0 Å². The van der Waals surface area contributed by atoms with Crippen LogP contribution in [0.15, 0.2) is 47.1 Å². The molecule has 1 aliphatic rings. The minimum atomic E-state index is -0.0471. The summed E-state index contributed by atoms with van der Waals surface area (Å²) in [4.78, 5) is 2.32. The van der Waals surface area contributed by atoms with Crippen molar-refractivity contribution < 1.29 is 9.15 Å². The molecule has 0 spiro atoms. The third-order valence-corrected chi connectivity index (χ3v) is 6.05. The largest absolute Gasteiger partial charge is 0.469 e. The van der Waals surface area contributed by atoms with E-state index in [1.54, 1.807) is 6.26 Å². The lowest BCUT2D eigenvalue weighted by atomic mass is 9.73. The van der Waals surface area contributed by atoms with Gasteiger partial charge in [0.25, 0.3) is 0 Å². The van der Waals surface area contributed by atoms with Gasteiger partial charge in [-0.3, -0.25) is 0 Å². The average molecular weight is 399 g/mol. The van der Waals surface area contributed by atoms with Crippen LogP contribution in [0.4, 0.5) is 0 Å².